The number of benzene rings is 1. The molecule has 1 aliphatic rings. The van der Waals surface area contributed by atoms with E-state index in [-0.39, 0.29) is 5.91 Å². The standard InChI is InChI=1S/C13H17N3O/c1-3-10-6-4-5-9(2)11(10)16-13(17)12-14-7-8-15-12/h4-6H,3,7-8H2,1-2H3,(H,14,15)(H,16,17). The molecule has 1 aromatic carbocycles. The number of carbonyl (C=O) groups excluding carboxylic acids is 1. The summed E-state index contributed by atoms with van der Waals surface area (Å²) >= 11 is 0. The Morgan fingerprint density at radius 3 is 3.00 bits per heavy atom. The Labute approximate surface area is 101 Å². The van der Waals surface area contributed by atoms with Crippen LogP contribution in [0.15, 0.2) is 23.2 Å². The fourth-order valence-corrected chi connectivity index (χ4v) is 1.92. The highest BCUT2D eigenvalue weighted by atomic mass is 16.2. The fraction of sp³-hybridized carbons (Fsp3) is 0.385. The summed E-state index contributed by atoms with van der Waals surface area (Å²) < 4.78 is 0. The number of hydrogen-bond acceptors (Lipinski definition) is 3. The third-order valence-corrected chi connectivity index (χ3v) is 2.87. The number of nitrogens with zero attached hydrogens (tertiary/aromatic N) is 1. The lowest BCUT2D eigenvalue weighted by atomic mass is 10.1. The Morgan fingerprint density at radius 1 is 1.53 bits per heavy atom. The highest BCUT2D eigenvalue weighted by Crippen LogP contribution is 2.20. The van der Waals surface area contributed by atoms with E-state index in [1.165, 1.54) is 0 Å². The van der Waals surface area contributed by atoms with Gasteiger partial charge >= 0.3 is 0 Å². The minimum atomic E-state index is -0.147. The van der Waals surface area contributed by atoms with Gasteiger partial charge in [0.1, 0.15) is 0 Å². The van der Waals surface area contributed by atoms with E-state index in [0.29, 0.717) is 12.4 Å². The molecule has 0 atom stereocenters. The first-order chi connectivity index (χ1) is 8.22. The van der Waals surface area contributed by atoms with Crippen molar-refractivity contribution in [2.45, 2.75) is 20.3 Å². The molecule has 2 N–H and O–H groups in total. The van der Waals surface area contributed by atoms with E-state index < -0.39 is 0 Å². The minimum Gasteiger partial charge on any atom is -0.364 e. The van der Waals surface area contributed by atoms with Crippen molar-refractivity contribution >= 4 is 17.4 Å². The lowest BCUT2D eigenvalue weighted by Gasteiger charge is -2.12. The van der Waals surface area contributed by atoms with Crippen LogP contribution in [0.3, 0.4) is 0 Å². The first-order valence-electron chi connectivity index (χ1n) is 5.90. The third kappa shape index (κ3) is 2.46. The lowest BCUT2D eigenvalue weighted by molar-refractivity contribution is -0.110. The van der Waals surface area contributed by atoms with Gasteiger partial charge < -0.3 is 10.6 Å². The van der Waals surface area contributed by atoms with Gasteiger partial charge in [-0.1, -0.05) is 25.1 Å². The van der Waals surface area contributed by atoms with E-state index >= 15 is 0 Å². The minimum absolute atomic E-state index is 0.147. The van der Waals surface area contributed by atoms with Gasteiger partial charge in [-0.05, 0) is 24.5 Å². The van der Waals surface area contributed by atoms with Gasteiger partial charge in [0.15, 0.2) is 5.84 Å². The summed E-state index contributed by atoms with van der Waals surface area (Å²) in [5.74, 6) is 0.293. The Morgan fingerprint density at radius 2 is 2.35 bits per heavy atom. The lowest BCUT2D eigenvalue weighted by Crippen LogP contribution is -2.32. The summed E-state index contributed by atoms with van der Waals surface area (Å²) in [6.45, 7) is 5.50. The fourth-order valence-electron chi connectivity index (χ4n) is 1.92. The van der Waals surface area contributed by atoms with Gasteiger partial charge in [0.05, 0.1) is 6.54 Å². The zero-order valence-electron chi connectivity index (χ0n) is 10.2. The van der Waals surface area contributed by atoms with E-state index in [1.54, 1.807) is 0 Å². The molecule has 0 saturated heterocycles. The second kappa shape index (κ2) is 4.99. The van der Waals surface area contributed by atoms with Crippen LogP contribution in [0, 0.1) is 6.92 Å². The number of rotatable bonds is 3. The number of amidine groups is 1. The molecular weight excluding hydrogens is 214 g/mol. The van der Waals surface area contributed by atoms with Crippen molar-refractivity contribution in [3.8, 4) is 0 Å². The summed E-state index contributed by atoms with van der Waals surface area (Å²) in [5.41, 5.74) is 3.14. The van der Waals surface area contributed by atoms with Crippen LogP contribution in [0.1, 0.15) is 18.1 Å². The van der Waals surface area contributed by atoms with Crippen molar-refractivity contribution in [1.29, 1.82) is 0 Å². The molecule has 1 aromatic rings. The molecule has 1 amide bonds. The van der Waals surface area contributed by atoms with E-state index in [1.807, 2.05) is 25.1 Å². The predicted octanol–water partition coefficient (Wildman–Crippen LogP) is 1.50. The Hall–Kier alpha value is -1.84. The van der Waals surface area contributed by atoms with E-state index in [9.17, 15) is 4.79 Å². The molecule has 0 aliphatic carbocycles. The highest BCUT2D eigenvalue weighted by molar-refractivity contribution is 6.42. The molecule has 2 rings (SSSR count). The van der Waals surface area contributed by atoms with Crippen molar-refractivity contribution < 1.29 is 4.79 Å². The van der Waals surface area contributed by atoms with Crippen LogP contribution in [0.2, 0.25) is 0 Å². The van der Waals surface area contributed by atoms with E-state index in [0.717, 1.165) is 29.8 Å². The van der Waals surface area contributed by atoms with Gasteiger partial charge in [-0.3, -0.25) is 9.79 Å². The molecule has 0 spiro atoms. The third-order valence-electron chi connectivity index (χ3n) is 2.87. The molecule has 0 unspecified atom stereocenters. The molecule has 4 nitrogen and oxygen atoms in total. The van der Waals surface area contributed by atoms with Crippen molar-refractivity contribution in [3.63, 3.8) is 0 Å². The van der Waals surface area contributed by atoms with Crippen LogP contribution < -0.4 is 10.6 Å². The number of para-hydroxylation sites is 1. The Kier molecular flexibility index (Phi) is 3.42. The zero-order chi connectivity index (χ0) is 12.3. The van der Waals surface area contributed by atoms with Crippen LogP contribution in [0.4, 0.5) is 5.69 Å². The van der Waals surface area contributed by atoms with Crippen LogP contribution in [0.25, 0.3) is 0 Å². The summed E-state index contributed by atoms with van der Waals surface area (Å²) in [4.78, 5) is 16.0. The number of aryl methyl sites for hydroxylation is 2. The first kappa shape index (κ1) is 11.6. The normalized spacial score (nSPS) is 14.1. The zero-order valence-corrected chi connectivity index (χ0v) is 10.2. The SMILES string of the molecule is CCc1cccc(C)c1NC(=O)C1=NCCN1. The molecule has 0 saturated carbocycles. The van der Waals surface area contributed by atoms with Crippen LogP contribution in [-0.4, -0.2) is 24.8 Å². The number of aliphatic imine (C=N–C) groups is 1. The molecule has 17 heavy (non-hydrogen) atoms. The first-order valence-corrected chi connectivity index (χ1v) is 5.90. The van der Waals surface area contributed by atoms with Crippen molar-refractivity contribution in [3.05, 3.63) is 29.3 Å². The molecule has 90 valence electrons. The molecule has 0 radical (unpaired) electrons. The summed E-state index contributed by atoms with van der Waals surface area (Å²) in [6.07, 6.45) is 0.900. The number of nitrogens with one attached hydrogen (secondary N) is 2. The van der Waals surface area contributed by atoms with Crippen LogP contribution >= 0.6 is 0 Å². The Bertz CT molecular complexity index is 466. The van der Waals surface area contributed by atoms with Crippen molar-refractivity contribution in [2.24, 2.45) is 4.99 Å². The smallest absolute Gasteiger partial charge is 0.290 e. The van der Waals surface area contributed by atoms with Crippen molar-refractivity contribution in [1.82, 2.24) is 5.32 Å². The predicted molar refractivity (Wildman–Crippen MR) is 69.5 cm³/mol. The largest absolute Gasteiger partial charge is 0.364 e. The number of hydrogen-bond donors (Lipinski definition) is 2. The van der Waals surface area contributed by atoms with Crippen LogP contribution in [0.5, 0.6) is 0 Å². The number of carbonyl (C=O) groups is 1. The van der Waals surface area contributed by atoms with Gasteiger partial charge in [-0.2, -0.15) is 0 Å². The van der Waals surface area contributed by atoms with Gasteiger partial charge in [-0.15, -0.1) is 0 Å². The molecule has 0 bridgehead atoms. The molecule has 1 aliphatic heterocycles. The van der Waals surface area contributed by atoms with Gasteiger partial charge in [0.25, 0.3) is 5.91 Å². The molecular formula is C13H17N3O. The highest BCUT2D eigenvalue weighted by Gasteiger charge is 2.16. The quantitative estimate of drug-likeness (QED) is 0.828. The molecule has 0 fully saturated rings. The molecule has 1 heterocycles. The van der Waals surface area contributed by atoms with Gasteiger partial charge in [0, 0.05) is 12.2 Å². The second-order valence-electron chi connectivity index (χ2n) is 4.07. The van der Waals surface area contributed by atoms with Gasteiger partial charge in [-0.25, -0.2) is 0 Å². The molecule has 4 heteroatoms. The maximum absolute atomic E-state index is 11.9. The maximum atomic E-state index is 11.9. The average Bonchev–Trinajstić information content (AvgIpc) is 2.85. The van der Waals surface area contributed by atoms with Crippen molar-refractivity contribution in [2.75, 3.05) is 18.4 Å². The second-order valence-corrected chi connectivity index (χ2v) is 4.07. The summed E-state index contributed by atoms with van der Waals surface area (Å²) in [7, 11) is 0. The van der Waals surface area contributed by atoms with Crippen LogP contribution in [-0.2, 0) is 11.2 Å². The van der Waals surface area contributed by atoms with Gasteiger partial charge in [0.2, 0.25) is 0 Å². The number of amides is 1. The summed E-state index contributed by atoms with van der Waals surface area (Å²) in [5, 5.41) is 5.91. The topological polar surface area (TPSA) is 53.5 Å². The number of anilines is 1. The maximum Gasteiger partial charge on any atom is 0.290 e. The van der Waals surface area contributed by atoms with E-state index in [2.05, 4.69) is 22.5 Å². The summed E-state index contributed by atoms with van der Waals surface area (Å²) in [6, 6.07) is 6.04. The average molecular weight is 231 g/mol. The molecule has 0 aromatic heterocycles. The monoisotopic (exact) mass is 231 g/mol. The Balaban J connectivity index is 2.20. The van der Waals surface area contributed by atoms with E-state index in [4.69, 9.17) is 0 Å².